The number of imide groups is 1. The van der Waals surface area contributed by atoms with Crippen LogP contribution in [0.3, 0.4) is 0 Å². The summed E-state index contributed by atoms with van der Waals surface area (Å²) in [6.07, 6.45) is 8.36. The quantitative estimate of drug-likeness (QED) is 0.816. The molecule has 1 N–H and O–H groups in total. The first kappa shape index (κ1) is 15.8. The van der Waals surface area contributed by atoms with E-state index in [1.165, 1.54) is 24.2 Å². The van der Waals surface area contributed by atoms with Gasteiger partial charge in [0.25, 0.3) is 5.91 Å². The summed E-state index contributed by atoms with van der Waals surface area (Å²) in [5, 5.41) is 3.02. The van der Waals surface area contributed by atoms with Crippen LogP contribution >= 0.6 is 0 Å². The first-order chi connectivity index (χ1) is 10.6. The van der Waals surface area contributed by atoms with Crippen molar-refractivity contribution in [3.05, 3.63) is 0 Å². The van der Waals surface area contributed by atoms with Crippen molar-refractivity contribution in [2.75, 3.05) is 13.2 Å². The van der Waals surface area contributed by atoms with Gasteiger partial charge in [-0.3, -0.25) is 9.69 Å². The molecule has 3 fully saturated rings. The van der Waals surface area contributed by atoms with Gasteiger partial charge in [0.15, 0.2) is 0 Å². The summed E-state index contributed by atoms with van der Waals surface area (Å²) >= 11 is 0. The van der Waals surface area contributed by atoms with Crippen LogP contribution in [0.5, 0.6) is 0 Å². The molecule has 0 bridgehead atoms. The minimum absolute atomic E-state index is 0.0184. The highest BCUT2D eigenvalue weighted by atomic mass is 16.2. The van der Waals surface area contributed by atoms with E-state index in [0.29, 0.717) is 18.6 Å². The maximum absolute atomic E-state index is 12.9. The fourth-order valence-electron chi connectivity index (χ4n) is 4.29. The Hall–Kier alpha value is -1.10. The van der Waals surface area contributed by atoms with Crippen molar-refractivity contribution in [2.45, 2.75) is 76.8 Å². The second kappa shape index (κ2) is 6.19. The number of hydrogen-bond donors (Lipinski definition) is 1. The Morgan fingerprint density at radius 2 is 1.91 bits per heavy atom. The molecule has 124 valence electrons. The predicted molar refractivity (Wildman–Crippen MR) is 85.2 cm³/mol. The molecule has 1 spiro atoms. The first-order valence-electron chi connectivity index (χ1n) is 8.94. The second-order valence-corrected chi connectivity index (χ2v) is 7.44. The molecule has 3 rings (SSSR count). The highest BCUT2D eigenvalue weighted by Gasteiger charge is 2.52. The van der Waals surface area contributed by atoms with E-state index < -0.39 is 5.54 Å². The van der Waals surface area contributed by atoms with Gasteiger partial charge in [-0.05, 0) is 50.9 Å². The standard InChI is InChI=1S/C17H29N3O2/c1-3-14-6-4-5-11-19(14)12-20-15(21)17(18-16(20)22)9-7-13(2)8-10-17/h13-14H,3-12H2,1-2H3,(H,18,22). The van der Waals surface area contributed by atoms with Crippen LogP contribution < -0.4 is 5.32 Å². The van der Waals surface area contributed by atoms with Crippen LogP contribution in [-0.4, -0.2) is 46.5 Å². The van der Waals surface area contributed by atoms with Crippen molar-refractivity contribution in [3.8, 4) is 0 Å². The van der Waals surface area contributed by atoms with E-state index in [-0.39, 0.29) is 11.9 Å². The Labute approximate surface area is 133 Å². The lowest BCUT2D eigenvalue weighted by molar-refractivity contribution is -0.134. The molecule has 3 aliphatic rings. The van der Waals surface area contributed by atoms with E-state index in [1.54, 1.807) is 0 Å². The summed E-state index contributed by atoms with van der Waals surface area (Å²) in [4.78, 5) is 29.1. The van der Waals surface area contributed by atoms with Gasteiger partial charge in [0.05, 0.1) is 6.67 Å². The highest BCUT2D eigenvalue weighted by molar-refractivity contribution is 6.07. The third-order valence-corrected chi connectivity index (χ3v) is 5.92. The molecule has 0 aromatic carbocycles. The third-order valence-electron chi connectivity index (χ3n) is 5.92. The van der Waals surface area contributed by atoms with E-state index >= 15 is 0 Å². The smallest absolute Gasteiger partial charge is 0.323 e. The van der Waals surface area contributed by atoms with E-state index in [1.807, 2.05) is 0 Å². The number of amides is 3. The van der Waals surface area contributed by atoms with E-state index in [4.69, 9.17) is 0 Å². The molecule has 5 nitrogen and oxygen atoms in total. The van der Waals surface area contributed by atoms with Crippen molar-refractivity contribution in [2.24, 2.45) is 5.92 Å². The molecule has 0 radical (unpaired) electrons. The summed E-state index contributed by atoms with van der Waals surface area (Å²) in [6.45, 7) is 5.89. The SMILES string of the molecule is CCC1CCCCN1CN1C(=O)NC2(CCC(C)CC2)C1=O. The zero-order valence-corrected chi connectivity index (χ0v) is 13.9. The number of piperidine rings is 1. The molecule has 2 aliphatic heterocycles. The lowest BCUT2D eigenvalue weighted by Gasteiger charge is -2.37. The third kappa shape index (κ3) is 2.75. The van der Waals surface area contributed by atoms with E-state index in [0.717, 1.165) is 38.6 Å². The van der Waals surface area contributed by atoms with Crippen LogP contribution in [-0.2, 0) is 4.79 Å². The number of carbonyl (C=O) groups is 2. The molecule has 0 aromatic rings. The average molecular weight is 307 g/mol. The fourth-order valence-corrected chi connectivity index (χ4v) is 4.29. The lowest BCUT2D eigenvalue weighted by atomic mass is 9.77. The van der Waals surface area contributed by atoms with Crippen molar-refractivity contribution in [3.63, 3.8) is 0 Å². The van der Waals surface area contributed by atoms with Crippen LogP contribution in [0.1, 0.15) is 65.2 Å². The van der Waals surface area contributed by atoms with Gasteiger partial charge in [-0.2, -0.15) is 0 Å². The molecule has 22 heavy (non-hydrogen) atoms. The van der Waals surface area contributed by atoms with Gasteiger partial charge in [-0.1, -0.05) is 20.3 Å². The monoisotopic (exact) mass is 307 g/mol. The number of carbonyl (C=O) groups excluding carboxylic acids is 2. The first-order valence-corrected chi connectivity index (χ1v) is 8.94. The molecular formula is C17H29N3O2. The van der Waals surface area contributed by atoms with Crippen LogP contribution in [0.15, 0.2) is 0 Å². The second-order valence-electron chi connectivity index (χ2n) is 7.44. The molecule has 2 saturated heterocycles. The topological polar surface area (TPSA) is 52.6 Å². The summed E-state index contributed by atoms with van der Waals surface area (Å²) < 4.78 is 0. The van der Waals surface area contributed by atoms with Gasteiger partial charge in [0.1, 0.15) is 5.54 Å². The van der Waals surface area contributed by atoms with Crippen molar-refractivity contribution >= 4 is 11.9 Å². The Kier molecular flexibility index (Phi) is 4.44. The van der Waals surface area contributed by atoms with Gasteiger partial charge in [0.2, 0.25) is 0 Å². The van der Waals surface area contributed by atoms with Gasteiger partial charge >= 0.3 is 6.03 Å². The van der Waals surface area contributed by atoms with E-state index in [9.17, 15) is 9.59 Å². The molecular weight excluding hydrogens is 278 g/mol. The molecule has 1 saturated carbocycles. The number of nitrogens with zero attached hydrogens (tertiary/aromatic N) is 2. The maximum Gasteiger partial charge on any atom is 0.326 e. The molecule has 3 amide bonds. The van der Waals surface area contributed by atoms with Crippen molar-refractivity contribution in [1.29, 1.82) is 0 Å². The lowest BCUT2D eigenvalue weighted by Crippen LogP contribution is -2.51. The molecule has 1 unspecified atom stereocenters. The summed E-state index contributed by atoms with van der Waals surface area (Å²) in [5.41, 5.74) is -0.596. The van der Waals surface area contributed by atoms with Crippen LogP contribution in [0.2, 0.25) is 0 Å². The van der Waals surface area contributed by atoms with Crippen molar-refractivity contribution < 1.29 is 9.59 Å². The number of hydrogen-bond acceptors (Lipinski definition) is 3. The number of nitrogens with one attached hydrogen (secondary N) is 1. The minimum Gasteiger partial charge on any atom is -0.323 e. The van der Waals surface area contributed by atoms with Gasteiger partial charge in [-0.15, -0.1) is 0 Å². The Bertz CT molecular complexity index is 443. The molecule has 2 heterocycles. The number of urea groups is 1. The maximum atomic E-state index is 12.9. The van der Waals surface area contributed by atoms with Crippen molar-refractivity contribution in [1.82, 2.24) is 15.1 Å². The van der Waals surface area contributed by atoms with Gasteiger partial charge in [0, 0.05) is 12.6 Å². The summed E-state index contributed by atoms with van der Waals surface area (Å²) in [7, 11) is 0. The molecule has 1 atom stereocenters. The van der Waals surface area contributed by atoms with Gasteiger partial charge in [-0.25, -0.2) is 9.69 Å². The summed E-state index contributed by atoms with van der Waals surface area (Å²) in [5.74, 6) is 0.681. The fraction of sp³-hybridized carbons (Fsp3) is 0.882. The van der Waals surface area contributed by atoms with Crippen LogP contribution in [0, 0.1) is 5.92 Å². The largest absolute Gasteiger partial charge is 0.326 e. The normalized spacial score (nSPS) is 36.9. The zero-order chi connectivity index (χ0) is 15.7. The predicted octanol–water partition coefficient (Wildman–Crippen LogP) is 2.71. The molecule has 5 heteroatoms. The van der Waals surface area contributed by atoms with Gasteiger partial charge < -0.3 is 5.32 Å². The Balaban J connectivity index is 1.69. The Morgan fingerprint density at radius 3 is 2.59 bits per heavy atom. The zero-order valence-electron chi connectivity index (χ0n) is 13.9. The minimum atomic E-state index is -0.596. The number of rotatable bonds is 3. The Morgan fingerprint density at radius 1 is 1.18 bits per heavy atom. The number of likely N-dealkylation sites (tertiary alicyclic amines) is 1. The highest BCUT2D eigenvalue weighted by Crippen LogP contribution is 2.36. The summed E-state index contributed by atoms with van der Waals surface area (Å²) in [6, 6.07) is 0.331. The van der Waals surface area contributed by atoms with Crippen LogP contribution in [0.4, 0.5) is 4.79 Å². The van der Waals surface area contributed by atoms with Crippen LogP contribution in [0.25, 0.3) is 0 Å². The van der Waals surface area contributed by atoms with E-state index in [2.05, 4.69) is 24.1 Å². The molecule has 0 aromatic heterocycles. The average Bonchev–Trinajstić information content (AvgIpc) is 2.75. The molecule has 1 aliphatic carbocycles.